The molecule has 0 aliphatic carbocycles. The first kappa shape index (κ1) is 15.0. The first-order chi connectivity index (χ1) is 8.54. The lowest BCUT2D eigenvalue weighted by Gasteiger charge is -2.31. The summed E-state index contributed by atoms with van der Waals surface area (Å²) in [7, 11) is 5.91. The second kappa shape index (κ2) is 6.76. The maximum absolute atomic E-state index is 5.84. The molecule has 3 heteroatoms. The van der Waals surface area contributed by atoms with Crippen molar-refractivity contribution in [3.8, 4) is 5.75 Å². The Kier molecular flexibility index (Phi) is 5.63. The van der Waals surface area contributed by atoms with E-state index in [2.05, 4.69) is 51.0 Å². The zero-order valence-corrected chi connectivity index (χ0v) is 12.2. The van der Waals surface area contributed by atoms with Crippen LogP contribution in [0.5, 0.6) is 5.75 Å². The second-order valence-electron chi connectivity index (χ2n) is 5.05. The molecular formula is C15H26N2O. The van der Waals surface area contributed by atoms with Crippen LogP contribution >= 0.6 is 0 Å². The van der Waals surface area contributed by atoms with E-state index in [1.54, 1.807) is 7.11 Å². The van der Waals surface area contributed by atoms with Gasteiger partial charge in [0.05, 0.1) is 7.11 Å². The number of hydrogen-bond acceptors (Lipinski definition) is 3. The van der Waals surface area contributed by atoms with Gasteiger partial charge in [-0.25, -0.2) is 0 Å². The fourth-order valence-corrected chi connectivity index (χ4v) is 2.46. The number of aryl methyl sites for hydroxylation is 1. The molecule has 1 rings (SSSR count). The van der Waals surface area contributed by atoms with Gasteiger partial charge < -0.3 is 15.4 Å². The van der Waals surface area contributed by atoms with Gasteiger partial charge in [-0.3, -0.25) is 0 Å². The monoisotopic (exact) mass is 250 g/mol. The number of rotatable bonds is 6. The average molecular weight is 250 g/mol. The quantitative estimate of drug-likeness (QED) is 0.843. The smallest absolute Gasteiger partial charge is 0.123 e. The van der Waals surface area contributed by atoms with E-state index in [1.165, 1.54) is 11.1 Å². The molecule has 2 N–H and O–H groups in total. The molecule has 0 bridgehead atoms. The Hall–Kier alpha value is -1.06. The molecule has 0 amide bonds. The maximum atomic E-state index is 5.84. The van der Waals surface area contributed by atoms with Crippen LogP contribution in [0.1, 0.15) is 31.0 Å². The van der Waals surface area contributed by atoms with Gasteiger partial charge in [-0.05, 0) is 44.6 Å². The van der Waals surface area contributed by atoms with Gasteiger partial charge in [0.15, 0.2) is 0 Å². The Morgan fingerprint density at radius 2 is 2.00 bits per heavy atom. The largest absolute Gasteiger partial charge is 0.496 e. The van der Waals surface area contributed by atoms with Crippen LogP contribution in [0.4, 0.5) is 0 Å². The number of benzene rings is 1. The minimum atomic E-state index is 0.288. The molecule has 0 fully saturated rings. The molecule has 1 aromatic carbocycles. The van der Waals surface area contributed by atoms with Crippen molar-refractivity contribution in [2.45, 2.75) is 26.3 Å². The normalized spacial score (nSPS) is 14.6. The molecule has 18 heavy (non-hydrogen) atoms. The molecule has 0 radical (unpaired) electrons. The van der Waals surface area contributed by atoms with E-state index >= 15 is 0 Å². The standard InChI is InChI=1S/C15H26N2O/c1-6-12-7-8-14(18-5)13(9-12)15(17(3)4)11(2)10-16/h7-9,11,15H,6,10,16H2,1-5H3. The predicted octanol–water partition coefficient (Wildman–Crippen LogP) is 2.46. The van der Waals surface area contributed by atoms with E-state index in [4.69, 9.17) is 10.5 Å². The van der Waals surface area contributed by atoms with Crippen molar-refractivity contribution in [3.05, 3.63) is 29.3 Å². The summed E-state index contributed by atoms with van der Waals surface area (Å²) in [6, 6.07) is 6.72. The van der Waals surface area contributed by atoms with Crippen LogP contribution in [0.2, 0.25) is 0 Å². The zero-order valence-electron chi connectivity index (χ0n) is 12.2. The fourth-order valence-electron chi connectivity index (χ4n) is 2.46. The third kappa shape index (κ3) is 3.24. The van der Waals surface area contributed by atoms with E-state index in [0.717, 1.165) is 12.2 Å². The third-order valence-electron chi connectivity index (χ3n) is 3.49. The van der Waals surface area contributed by atoms with Gasteiger partial charge in [-0.1, -0.05) is 26.0 Å². The molecule has 0 saturated heterocycles. The van der Waals surface area contributed by atoms with Gasteiger partial charge >= 0.3 is 0 Å². The van der Waals surface area contributed by atoms with Crippen molar-refractivity contribution in [2.75, 3.05) is 27.7 Å². The summed E-state index contributed by atoms with van der Waals surface area (Å²) in [6.45, 7) is 5.02. The van der Waals surface area contributed by atoms with Crippen LogP contribution in [0.25, 0.3) is 0 Å². The molecule has 0 spiro atoms. The Bertz CT molecular complexity index is 377. The molecule has 2 atom stereocenters. The highest BCUT2D eigenvalue weighted by molar-refractivity contribution is 5.40. The van der Waals surface area contributed by atoms with Crippen molar-refractivity contribution in [1.29, 1.82) is 0 Å². The molecule has 0 heterocycles. The summed E-state index contributed by atoms with van der Waals surface area (Å²) in [6.07, 6.45) is 1.04. The molecular weight excluding hydrogens is 224 g/mol. The number of methoxy groups -OCH3 is 1. The van der Waals surface area contributed by atoms with Gasteiger partial charge in [0.25, 0.3) is 0 Å². The summed E-state index contributed by atoms with van der Waals surface area (Å²) in [5, 5.41) is 0. The van der Waals surface area contributed by atoms with Crippen molar-refractivity contribution >= 4 is 0 Å². The lowest BCUT2D eigenvalue weighted by Crippen LogP contribution is -2.30. The van der Waals surface area contributed by atoms with Gasteiger partial charge in [0, 0.05) is 11.6 Å². The number of hydrogen-bond donors (Lipinski definition) is 1. The third-order valence-corrected chi connectivity index (χ3v) is 3.49. The lowest BCUT2D eigenvalue weighted by molar-refractivity contribution is 0.221. The fraction of sp³-hybridized carbons (Fsp3) is 0.600. The summed E-state index contributed by atoms with van der Waals surface area (Å²) >= 11 is 0. The van der Waals surface area contributed by atoms with Crippen molar-refractivity contribution < 1.29 is 4.74 Å². The molecule has 2 unspecified atom stereocenters. The average Bonchev–Trinajstić information content (AvgIpc) is 2.38. The van der Waals surface area contributed by atoms with Gasteiger partial charge in [-0.2, -0.15) is 0 Å². The number of nitrogens with zero attached hydrogens (tertiary/aromatic N) is 1. The van der Waals surface area contributed by atoms with Gasteiger partial charge in [0.1, 0.15) is 5.75 Å². The zero-order chi connectivity index (χ0) is 13.7. The first-order valence-electron chi connectivity index (χ1n) is 6.58. The van der Waals surface area contributed by atoms with Crippen LogP contribution in [0.15, 0.2) is 18.2 Å². The SMILES string of the molecule is CCc1ccc(OC)c(C(C(C)CN)N(C)C)c1. The number of ether oxygens (including phenoxy) is 1. The van der Waals surface area contributed by atoms with Crippen LogP contribution in [-0.4, -0.2) is 32.6 Å². The highest BCUT2D eigenvalue weighted by Gasteiger charge is 2.23. The molecule has 0 aliphatic heterocycles. The minimum Gasteiger partial charge on any atom is -0.496 e. The first-order valence-corrected chi connectivity index (χ1v) is 6.58. The second-order valence-corrected chi connectivity index (χ2v) is 5.05. The highest BCUT2D eigenvalue weighted by Crippen LogP contribution is 2.34. The van der Waals surface area contributed by atoms with E-state index in [-0.39, 0.29) is 6.04 Å². The maximum Gasteiger partial charge on any atom is 0.123 e. The predicted molar refractivity (Wildman–Crippen MR) is 77.0 cm³/mol. The summed E-state index contributed by atoms with van der Waals surface area (Å²) in [5.74, 6) is 1.34. The van der Waals surface area contributed by atoms with Crippen molar-refractivity contribution in [3.63, 3.8) is 0 Å². The molecule has 102 valence electrons. The molecule has 0 saturated carbocycles. The minimum absolute atomic E-state index is 0.288. The Labute approximate surface area is 111 Å². The van der Waals surface area contributed by atoms with Crippen LogP contribution in [0.3, 0.4) is 0 Å². The summed E-state index contributed by atoms with van der Waals surface area (Å²) in [5.41, 5.74) is 8.41. The van der Waals surface area contributed by atoms with Gasteiger partial charge in [-0.15, -0.1) is 0 Å². The molecule has 3 nitrogen and oxygen atoms in total. The van der Waals surface area contributed by atoms with Crippen molar-refractivity contribution in [1.82, 2.24) is 4.90 Å². The summed E-state index contributed by atoms with van der Waals surface area (Å²) < 4.78 is 5.50. The van der Waals surface area contributed by atoms with E-state index in [0.29, 0.717) is 12.5 Å². The topological polar surface area (TPSA) is 38.5 Å². The summed E-state index contributed by atoms with van der Waals surface area (Å²) in [4.78, 5) is 2.22. The van der Waals surface area contributed by atoms with Crippen molar-refractivity contribution in [2.24, 2.45) is 11.7 Å². The van der Waals surface area contributed by atoms with Crippen LogP contribution in [-0.2, 0) is 6.42 Å². The van der Waals surface area contributed by atoms with Crippen LogP contribution in [0, 0.1) is 5.92 Å². The lowest BCUT2D eigenvalue weighted by atomic mass is 9.91. The van der Waals surface area contributed by atoms with E-state index in [9.17, 15) is 0 Å². The molecule has 0 aromatic heterocycles. The Morgan fingerprint density at radius 1 is 1.33 bits per heavy atom. The number of nitrogens with two attached hydrogens (primary N) is 1. The molecule has 1 aromatic rings. The van der Waals surface area contributed by atoms with Gasteiger partial charge in [0.2, 0.25) is 0 Å². The van der Waals surface area contributed by atoms with E-state index < -0.39 is 0 Å². The Balaban J connectivity index is 3.24. The highest BCUT2D eigenvalue weighted by atomic mass is 16.5. The van der Waals surface area contributed by atoms with Crippen LogP contribution < -0.4 is 10.5 Å². The molecule has 0 aliphatic rings. The van der Waals surface area contributed by atoms with E-state index in [1.807, 2.05) is 0 Å². The Morgan fingerprint density at radius 3 is 2.44 bits per heavy atom.